The van der Waals surface area contributed by atoms with Gasteiger partial charge in [-0.25, -0.2) is 4.79 Å². The number of nitrogens with one attached hydrogen (secondary N) is 2. The SMILES string of the molecule is CC(C)(C)OC(=O)NC(=S)C1CCCNC1. The van der Waals surface area contributed by atoms with E-state index in [1.807, 2.05) is 20.8 Å². The van der Waals surface area contributed by atoms with Crippen LogP contribution in [0, 0.1) is 5.92 Å². The number of amides is 1. The molecule has 0 saturated carbocycles. The molecule has 0 aliphatic carbocycles. The van der Waals surface area contributed by atoms with Crippen LogP contribution >= 0.6 is 12.2 Å². The van der Waals surface area contributed by atoms with Crippen LogP contribution in [0.15, 0.2) is 0 Å². The van der Waals surface area contributed by atoms with E-state index in [1.54, 1.807) is 0 Å². The van der Waals surface area contributed by atoms with E-state index < -0.39 is 11.7 Å². The third-order valence-corrected chi connectivity index (χ3v) is 2.73. The Kier molecular flexibility index (Phi) is 4.68. The zero-order chi connectivity index (χ0) is 12.2. The summed E-state index contributed by atoms with van der Waals surface area (Å²) in [5.74, 6) is 0.247. The van der Waals surface area contributed by atoms with E-state index in [9.17, 15) is 4.79 Å². The van der Waals surface area contributed by atoms with Crippen LogP contribution in [0.25, 0.3) is 0 Å². The molecule has 1 saturated heterocycles. The van der Waals surface area contributed by atoms with Crippen LogP contribution in [0.4, 0.5) is 4.79 Å². The van der Waals surface area contributed by atoms with Gasteiger partial charge in [-0.2, -0.15) is 0 Å². The topological polar surface area (TPSA) is 50.4 Å². The molecule has 0 aromatic carbocycles. The highest BCUT2D eigenvalue weighted by Gasteiger charge is 2.22. The summed E-state index contributed by atoms with van der Waals surface area (Å²) in [6.07, 6.45) is 1.67. The fraction of sp³-hybridized carbons (Fsp3) is 0.818. The molecule has 0 spiro atoms. The van der Waals surface area contributed by atoms with Gasteiger partial charge in [0.05, 0.1) is 4.99 Å². The van der Waals surface area contributed by atoms with Gasteiger partial charge < -0.3 is 10.1 Å². The summed E-state index contributed by atoms with van der Waals surface area (Å²) in [6, 6.07) is 0. The van der Waals surface area contributed by atoms with Gasteiger partial charge in [0.2, 0.25) is 0 Å². The fourth-order valence-electron chi connectivity index (χ4n) is 1.58. The van der Waals surface area contributed by atoms with Crippen molar-refractivity contribution in [2.75, 3.05) is 13.1 Å². The Morgan fingerprint density at radius 3 is 2.69 bits per heavy atom. The van der Waals surface area contributed by atoms with E-state index in [0.29, 0.717) is 4.99 Å². The van der Waals surface area contributed by atoms with Gasteiger partial charge in [-0.05, 0) is 40.2 Å². The molecule has 5 heteroatoms. The maximum atomic E-state index is 11.5. The van der Waals surface area contributed by atoms with Crippen molar-refractivity contribution >= 4 is 23.3 Å². The molecule has 2 N–H and O–H groups in total. The van der Waals surface area contributed by atoms with Crippen LogP contribution in [0.3, 0.4) is 0 Å². The number of rotatable bonds is 1. The van der Waals surface area contributed by atoms with Gasteiger partial charge in [-0.3, -0.25) is 5.32 Å². The lowest BCUT2D eigenvalue weighted by molar-refractivity contribution is 0.0561. The Labute approximate surface area is 102 Å². The summed E-state index contributed by atoms with van der Waals surface area (Å²) >= 11 is 5.19. The van der Waals surface area contributed by atoms with Gasteiger partial charge in [0, 0.05) is 12.5 Å². The third kappa shape index (κ3) is 4.90. The Balaban J connectivity index is 2.35. The Bertz CT molecular complexity index is 268. The molecular formula is C11H20N2O2S. The van der Waals surface area contributed by atoms with Crippen molar-refractivity contribution < 1.29 is 9.53 Å². The lowest BCUT2D eigenvalue weighted by atomic mass is 10.00. The molecule has 1 unspecified atom stereocenters. The largest absolute Gasteiger partial charge is 0.444 e. The molecule has 1 heterocycles. The Hall–Kier alpha value is -0.680. The molecule has 0 radical (unpaired) electrons. The second kappa shape index (κ2) is 5.59. The van der Waals surface area contributed by atoms with E-state index in [0.717, 1.165) is 25.9 Å². The molecule has 16 heavy (non-hydrogen) atoms. The monoisotopic (exact) mass is 244 g/mol. The van der Waals surface area contributed by atoms with E-state index in [4.69, 9.17) is 17.0 Å². The van der Waals surface area contributed by atoms with Gasteiger partial charge in [0.15, 0.2) is 0 Å². The molecule has 4 nitrogen and oxygen atoms in total. The molecule has 0 aromatic rings. The Morgan fingerprint density at radius 1 is 1.50 bits per heavy atom. The van der Waals surface area contributed by atoms with Crippen LogP contribution in [-0.4, -0.2) is 29.8 Å². The first-order valence-corrected chi connectivity index (χ1v) is 6.04. The lowest BCUT2D eigenvalue weighted by Crippen LogP contribution is -2.43. The number of alkyl carbamates (subject to hydrolysis) is 1. The van der Waals surface area contributed by atoms with Crippen LogP contribution in [-0.2, 0) is 4.74 Å². The predicted octanol–water partition coefficient (Wildman–Crippen LogP) is 1.84. The summed E-state index contributed by atoms with van der Waals surface area (Å²) in [7, 11) is 0. The molecule has 1 atom stereocenters. The van der Waals surface area contributed by atoms with Gasteiger partial charge in [-0.15, -0.1) is 0 Å². The summed E-state index contributed by atoms with van der Waals surface area (Å²) in [4.78, 5) is 12.1. The second-order valence-corrected chi connectivity index (χ2v) is 5.47. The molecule has 1 fully saturated rings. The number of hydrogen-bond donors (Lipinski definition) is 2. The zero-order valence-corrected chi connectivity index (χ0v) is 10.9. The molecule has 1 amide bonds. The standard InChI is InChI=1S/C11H20N2O2S/c1-11(2,3)15-10(14)13-9(16)8-5-4-6-12-7-8/h8,12H,4-7H2,1-3H3,(H,13,14,16). The van der Waals surface area contributed by atoms with Crippen molar-refractivity contribution in [2.45, 2.75) is 39.2 Å². The normalized spacial score (nSPS) is 21.3. The summed E-state index contributed by atoms with van der Waals surface area (Å²) in [5, 5.41) is 5.89. The highest BCUT2D eigenvalue weighted by molar-refractivity contribution is 7.80. The van der Waals surface area contributed by atoms with E-state index in [-0.39, 0.29) is 5.92 Å². The Morgan fingerprint density at radius 2 is 2.19 bits per heavy atom. The van der Waals surface area contributed by atoms with Crippen molar-refractivity contribution in [3.8, 4) is 0 Å². The predicted molar refractivity (Wildman–Crippen MR) is 67.6 cm³/mol. The number of ether oxygens (including phenoxy) is 1. The van der Waals surface area contributed by atoms with Crippen LogP contribution in [0.2, 0.25) is 0 Å². The van der Waals surface area contributed by atoms with Gasteiger partial charge in [0.25, 0.3) is 0 Å². The van der Waals surface area contributed by atoms with Crippen LogP contribution in [0.1, 0.15) is 33.6 Å². The summed E-state index contributed by atoms with van der Waals surface area (Å²) in [6.45, 7) is 7.37. The number of carbonyl (C=O) groups is 1. The van der Waals surface area contributed by atoms with Crippen molar-refractivity contribution in [3.05, 3.63) is 0 Å². The molecule has 1 aliphatic heterocycles. The molecule has 1 aliphatic rings. The number of thiocarbonyl (C=S) groups is 1. The zero-order valence-electron chi connectivity index (χ0n) is 10.1. The molecule has 0 bridgehead atoms. The minimum atomic E-state index is -0.482. The smallest absolute Gasteiger partial charge is 0.412 e. The van der Waals surface area contributed by atoms with E-state index in [2.05, 4.69) is 10.6 Å². The third-order valence-electron chi connectivity index (χ3n) is 2.29. The van der Waals surface area contributed by atoms with Crippen molar-refractivity contribution in [2.24, 2.45) is 5.92 Å². The van der Waals surface area contributed by atoms with Crippen molar-refractivity contribution in [3.63, 3.8) is 0 Å². The number of piperidine rings is 1. The maximum absolute atomic E-state index is 11.5. The highest BCUT2D eigenvalue weighted by Crippen LogP contribution is 2.12. The van der Waals surface area contributed by atoms with Gasteiger partial charge >= 0.3 is 6.09 Å². The highest BCUT2D eigenvalue weighted by atomic mass is 32.1. The molecule has 92 valence electrons. The van der Waals surface area contributed by atoms with Crippen LogP contribution < -0.4 is 10.6 Å². The fourth-order valence-corrected chi connectivity index (χ4v) is 1.87. The maximum Gasteiger partial charge on any atom is 0.412 e. The van der Waals surface area contributed by atoms with Crippen molar-refractivity contribution in [1.82, 2.24) is 10.6 Å². The minimum Gasteiger partial charge on any atom is -0.444 e. The average Bonchev–Trinajstić information content (AvgIpc) is 2.16. The first-order chi connectivity index (χ1) is 7.38. The quantitative estimate of drug-likeness (QED) is 0.691. The average molecular weight is 244 g/mol. The van der Waals surface area contributed by atoms with Gasteiger partial charge in [0.1, 0.15) is 5.60 Å². The van der Waals surface area contributed by atoms with E-state index >= 15 is 0 Å². The lowest BCUT2D eigenvalue weighted by Gasteiger charge is -2.25. The van der Waals surface area contributed by atoms with Gasteiger partial charge in [-0.1, -0.05) is 12.2 Å². The summed E-state index contributed by atoms with van der Waals surface area (Å²) in [5.41, 5.74) is -0.482. The second-order valence-electron chi connectivity index (χ2n) is 5.03. The molecular weight excluding hydrogens is 224 g/mol. The first-order valence-electron chi connectivity index (χ1n) is 5.63. The number of carbonyl (C=O) groups excluding carboxylic acids is 1. The number of hydrogen-bond acceptors (Lipinski definition) is 4. The first kappa shape index (κ1) is 13.4. The molecule has 1 rings (SSSR count). The minimum absolute atomic E-state index is 0.247. The van der Waals surface area contributed by atoms with Crippen molar-refractivity contribution in [1.29, 1.82) is 0 Å². The van der Waals surface area contributed by atoms with E-state index in [1.165, 1.54) is 0 Å². The van der Waals surface area contributed by atoms with Crippen LogP contribution in [0.5, 0.6) is 0 Å². The molecule has 0 aromatic heterocycles. The summed E-state index contributed by atoms with van der Waals surface area (Å²) < 4.78 is 5.14.